The molecule has 0 saturated carbocycles. The Balaban J connectivity index is 0.000000162. The lowest BCUT2D eigenvalue weighted by Crippen LogP contribution is -2.19. The van der Waals surface area contributed by atoms with E-state index in [0.29, 0.717) is 0 Å². The van der Waals surface area contributed by atoms with Crippen molar-refractivity contribution in [2.45, 2.75) is 0 Å². The summed E-state index contributed by atoms with van der Waals surface area (Å²) in [4.78, 5) is 0. The van der Waals surface area contributed by atoms with Gasteiger partial charge >= 0.3 is 0 Å². The van der Waals surface area contributed by atoms with Crippen molar-refractivity contribution < 1.29 is 0 Å². The summed E-state index contributed by atoms with van der Waals surface area (Å²) in [6.45, 7) is 0.958. The van der Waals surface area contributed by atoms with Crippen LogP contribution < -0.4 is 22.5 Å². The zero-order valence-corrected chi connectivity index (χ0v) is 4.02. The van der Waals surface area contributed by atoms with Crippen molar-refractivity contribution in [2.75, 3.05) is 6.54 Å². The molecule has 0 aliphatic carbocycles. The molecule has 0 fully saturated rings. The Morgan fingerprint density at radius 2 is 2.14 bits per heavy atom. The maximum Gasteiger partial charge on any atom is 0.0345 e. The number of hydrazine groups is 2. The van der Waals surface area contributed by atoms with Gasteiger partial charge in [0.15, 0.2) is 0 Å². The first-order valence-electron chi connectivity index (χ1n) is 1.97. The van der Waals surface area contributed by atoms with Crippen molar-refractivity contribution in [1.29, 1.82) is 0 Å². The van der Waals surface area contributed by atoms with Crippen LogP contribution in [0.25, 0.3) is 0 Å². The number of nitrogens with one attached hydrogen (secondary N) is 2. The van der Waals surface area contributed by atoms with Gasteiger partial charge in [0.1, 0.15) is 0 Å². The van der Waals surface area contributed by atoms with Crippen LogP contribution >= 0.6 is 0 Å². The molecule has 0 bridgehead atoms. The Bertz CT molecular complexity index is 44.9. The zero-order valence-electron chi connectivity index (χ0n) is 4.02. The van der Waals surface area contributed by atoms with Gasteiger partial charge in [-0.05, 0) is 0 Å². The molecule has 0 aromatic heterocycles. The Labute approximate surface area is 42.5 Å². The summed E-state index contributed by atoms with van der Waals surface area (Å²) in [7, 11) is 0. The van der Waals surface area contributed by atoms with Crippen LogP contribution in [0.5, 0.6) is 0 Å². The molecule has 1 heterocycles. The van der Waals surface area contributed by atoms with Crippen molar-refractivity contribution >= 4 is 0 Å². The highest BCUT2D eigenvalue weighted by Gasteiger charge is 1.78. The van der Waals surface area contributed by atoms with Gasteiger partial charge in [0.2, 0.25) is 0 Å². The molecule has 4 nitrogen and oxygen atoms in total. The van der Waals surface area contributed by atoms with Crippen LogP contribution in [0.1, 0.15) is 0 Å². The summed E-state index contributed by atoms with van der Waals surface area (Å²) in [5, 5.41) is 0. The maximum atomic E-state index is 4.00. The standard InChI is InChI=1S/C3H6N2.H4N2/c1-2-4-5-3-1;1-2/h1-2,4-5H,3H2;1-2H2. The third-order valence-corrected chi connectivity index (χ3v) is 0.523. The minimum atomic E-state index is 0.958. The van der Waals surface area contributed by atoms with Gasteiger partial charge in [-0.3, -0.25) is 11.7 Å². The van der Waals surface area contributed by atoms with Gasteiger partial charge in [-0.1, -0.05) is 6.08 Å². The Morgan fingerprint density at radius 3 is 2.29 bits per heavy atom. The number of hydrogen-bond donors (Lipinski definition) is 4. The second kappa shape index (κ2) is 5.42. The molecule has 0 radical (unpaired) electrons. The zero-order chi connectivity index (χ0) is 5.54. The summed E-state index contributed by atoms with van der Waals surface area (Å²) in [5.41, 5.74) is 5.65. The lowest BCUT2D eigenvalue weighted by Gasteiger charge is -1.83. The van der Waals surface area contributed by atoms with Crippen molar-refractivity contribution in [1.82, 2.24) is 10.9 Å². The molecule has 1 aliphatic rings. The average molecular weight is 102 g/mol. The fourth-order valence-electron chi connectivity index (χ4n) is 0.295. The minimum absolute atomic E-state index is 0.958. The monoisotopic (exact) mass is 102 g/mol. The van der Waals surface area contributed by atoms with Gasteiger partial charge in [-0.25, -0.2) is 5.43 Å². The van der Waals surface area contributed by atoms with Crippen LogP contribution in [0.2, 0.25) is 0 Å². The molecular formula is C3H10N4. The van der Waals surface area contributed by atoms with Gasteiger partial charge in [-0.15, -0.1) is 0 Å². The summed E-state index contributed by atoms with van der Waals surface area (Å²) in [6, 6.07) is 0. The maximum absolute atomic E-state index is 4.00. The SMILES string of the molecule is C1=CNNC1.NN. The van der Waals surface area contributed by atoms with E-state index in [9.17, 15) is 0 Å². The number of rotatable bonds is 0. The van der Waals surface area contributed by atoms with E-state index in [-0.39, 0.29) is 0 Å². The van der Waals surface area contributed by atoms with Crippen molar-refractivity contribution in [3.05, 3.63) is 12.3 Å². The average Bonchev–Trinajstić information content (AvgIpc) is 2.23. The normalized spacial score (nSPS) is 14.6. The van der Waals surface area contributed by atoms with E-state index in [4.69, 9.17) is 0 Å². The molecule has 0 saturated heterocycles. The Kier molecular flexibility index (Phi) is 4.97. The molecule has 0 unspecified atom stereocenters. The molecule has 0 atom stereocenters. The molecule has 1 aliphatic heterocycles. The van der Waals surface area contributed by atoms with Gasteiger partial charge in [-0.2, -0.15) is 0 Å². The first kappa shape index (κ1) is 6.42. The van der Waals surface area contributed by atoms with E-state index in [0.717, 1.165) is 6.54 Å². The first-order valence-corrected chi connectivity index (χ1v) is 1.97. The Hall–Kier alpha value is -0.580. The van der Waals surface area contributed by atoms with Gasteiger partial charge in [0.25, 0.3) is 0 Å². The van der Waals surface area contributed by atoms with E-state index in [1.54, 1.807) is 0 Å². The largest absolute Gasteiger partial charge is 0.329 e. The molecule has 1 rings (SSSR count). The Morgan fingerprint density at radius 1 is 1.43 bits per heavy atom. The van der Waals surface area contributed by atoms with Gasteiger partial charge in [0, 0.05) is 12.7 Å². The summed E-state index contributed by atoms with van der Waals surface area (Å²) in [5.74, 6) is 8.00. The van der Waals surface area contributed by atoms with Crippen molar-refractivity contribution in [3.8, 4) is 0 Å². The quantitative estimate of drug-likeness (QED) is 0.220. The smallest absolute Gasteiger partial charge is 0.0345 e. The van der Waals surface area contributed by atoms with E-state index >= 15 is 0 Å². The summed E-state index contributed by atoms with van der Waals surface area (Å²) in [6.07, 6.45) is 3.89. The molecule has 4 heteroatoms. The molecule has 7 heavy (non-hydrogen) atoms. The fraction of sp³-hybridized carbons (Fsp3) is 0.333. The topological polar surface area (TPSA) is 76.1 Å². The van der Waals surface area contributed by atoms with Crippen molar-refractivity contribution in [3.63, 3.8) is 0 Å². The van der Waals surface area contributed by atoms with E-state index < -0.39 is 0 Å². The number of nitrogens with two attached hydrogens (primary N) is 2. The lowest BCUT2D eigenvalue weighted by atomic mass is 10.7. The molecule has 42 valence electrons. The van der Waals surface area contributed by atoms with E-state index in [1.165, 1.54) is 0 Å². The van der Waals surface area contributed by atoms with Gasteiger partial charge in [0.05, 0.1) is 0 Å². The summed E-state index contributed by atoms with van der Waals surface area (Å²) < 4.78 is 0. The van der Waals surface area contributed by atoms with E-state index in [1.807, 2.05) is 12.3 Å². The van der Waals surface area contributed by atoms with Gasteiger partial charge < -0.3 is 5.43 Å². The molecule has 0 amide bonds. The predicted molar refractivity (Wildman–Crippen MR) is 28.7 cm³/mol. The number of hydrogen-bond acceptors (Lipinski definition) is 4. The van der Waals surface area contributed by atoms with Crippen molar-refractivity contribution in [2.24, 2.45) is 11.7 Å². The van der Waals surface area contributed by atoms with Crippen LogP contribution in [0.4, 0.5) is 0 Å². The third kappa shape index (κ3) is 3.24. The lowest BCUT2D eigenvalue weighted by molar-refractivity contribution is 0.727. The summed E-state index contributed by atoms with van der Waals surface area (Å²) >= 11 is 0. The minimum Gasteiger partial charge on any atom is -0.329 e. The van der Waals surface area contributed by atoms with Crippen LogP contribution in [-0.2, 0) is 0 Å². The molecule has 6 N–H and O–H groups in total. The fourth-order valence-corrected chi connectivity index (χ4v) is 0.295. The second-order valence-corrected chi connectivity index (χ2v) is 0.928. The van der Waals surface area contributed by atoms with Crippen LogP contribution in [0.3, 0.4) is 0 Å². The van der Waals surface area contributed by atoms with Crippen LogP contribution in [0, 0.1) is 0 Å². The molecule has 0 aromatic rings. The predicted octanol–water partition coefficient (Wildman–Crippen LogP) is -1.57. The van der Waals surface area contributed by atoms with Crippen LogP contribution in [0.15, 0.2) is 12.3 Å². The highest BCUT2D eigenvalue weighted by atomic mass is 15.4. The highest BCUT2D eigenvalue weighted by molar-refractivity contribution is 4.85. The first-order chi connectivity index (χ1) is 3.50. The molecular weight excluding hydrogens is 92.1 g/mol. The second-order valence-electron chi connectivity index (χ2n) is 0.928. The van der Waals surface area contributed by atoms with E-state index in [2.05, 4.69) is 22.5 Å². The highest BCUT2D eigenvalue weighted by Crippen LogP contribution is 1.67. The molecule has 0 spiro atoms. The van der Waals surface area contributed by atoms with Crippen LogP contribution in [-0.4, -0.2) is 6.54 Å². The third-order valence-electron chi connectivity index (χ3n) is 0.523. The molecule has 0 aromatic carbocycles.